The maximum atomic E-state index is 7.52. The van der Waals surface area contributed by atoms with Crippen LogP contribution in [0.4, 0.5) is 0 Å². The summed E-state index contributed by atoms with van der Waals surface area (Å²) in [6.07, 6.45) is 18.0. The molecule has 0 aliphatic heterocycles. The highest BCUT2D eigenvalue weighted by Crippen LogP contribution is 2.51. The first-order valence-corrected chi connectivity index (χ1v) is 25.7. The minimum absolute atomic E-state index is 0.0992. The van der Waals surface area contributed by atoms with Gasteiger partial charge in [0.15, 0.2) is 0 Å². The SMILES string of the molecule is [C-]#[N+]CCOP(OC1[C@@H](COC(c2ccccc2)(c2ccc(OC)cc2)c2ccc(OC)cc2)C[C@@H](NC(=S)CCCCCCCCCCCCCCC)[C@H]1OC)N(C(C)C)C(C)C. The number of benzene rings is 3. The monoisotopic (exact) mass is 918 g/mol. The van der Waals surface area contributed by atoms with Crippen LogP contribution in [0, 0.1) is 12.5 Å². The molecule has 0 saturated heterocycles. The summed E-state index contributed by atoms with van der Waals surface area (Å²) >= 11 is 6.06. The third-order valence-electron chi connectivity index (χ3n) is 12.4. The maximum Gasteiger partial charge on any atom is 0.259 e. The van der Waals surface area contributed by atoms with Crippen LogP contribution in [0.2, 0.25) is 0 Å². The summed E-state index contributed by atoms with van der Waals surface area (Å²) in [5.74, 6) is 1.42. The number of thiocarbonyl (C=S) groups is 1. The second-order valence-corrected chi connectivity index (χ2v) is 19.7. The molecule has 0 heterocycles. The molecule has 4 rings (SSSR count). The van der Waals surface area contributed by atoms with Gasteiger partial charge in [0.1, 0.15) is 29.8 Å². The second kappa shape index (κ2) is 29.5. The summed E-state index contributed by atoms with van der Waals surface area (Å²) in [6, 6.07) is 26.9. The van der Waals surface area contributed by atoms with Crippen LogP contribution in [0.25, 0.3) is 4.85 Å². The zero-order valence-electron chi connectivity index (χ0n) is 40.4. The lowest BCUT2D eigenvalue weighted by Gasteiger charge is -2.40. The van der Waals surface area contributed by atoms with Crippen LogP contribution in [0.15, 0.2) is 78.9 Å². The van der Waals surface area contributed by atoms with Gasteiger partial charge in [0.2, 0.25) is 6.54 Å². The van der Waals surface area contributed by atoms with Crippen molar-refractivity contribution < 1.29 is 28.0 Å². The highest BCUT2D eigenvalue weighted by atomic mass is 32.1. The molecule has 3 aromatic rings. The summed E-state index contributed by atoms with van der Waals surface area (Å²) in [5, 5.41) is 3.76. The van der Waals surface area contributed by atoms with Crippen molar-refractivity contribution >= 4 is 25.7 Å². The van der Waals surface area contributed by atoms with Gasteiger partial charge >= 0.3 is 0 Å². The Morgan fingerprint density at radius 1 is 0.734 bits per heavy atom. The third kappa shape index (κ3) is 16.0. The first-order chi connectivity index (χ1) is 31.1. The van der Waals surface area contributed by atoms with Crippen LogP contribution in [0.3, 0.4) is 0 Å². The summed E-state index contributed by atoms with van der Waals surface area (Å²) < 4.78 is 41.2. The zero-order chi connectivity index (χ0) is 46.2. The minimum Gasteiger partial charge on any atom is -0.497 e. The van der Waals surface area contributed by atoms with Gasteiger partial charge in [-0.15, -0.1) is 0 Å². The van der Waals surface area contributed by atoms with Crippen LogP contribution in [0.1, 0.15) is 148 Å². The van der Waals surface area contributed by atoms with E-state index in [2.05, 4.69) is 98.0 Å². The van der Waals surface area contributed by atoms with Crippen LogP contribution in [0.5, 0.6) is 11.5 Å². The summed E-state index contributed by atoms with van der Waals surface area (Å²) in [4.78, 5) is 4.45. The molecule has 1 saturated carbocycles. The molecular weight excluding hydrogens is 838 g/mol. The number of hydrogen-bond acceptors (Lipinski definition) is 8. The van der Waals surface area contributed by atoms with Gasteiger partial charge in [-0.3, -0.25) is 0 Å². The Labute approximate surface area is 394 Å². The van der Waals surface area contributed by atoms with Crippen molar-refractivity contribution in [2.45, 2.75) is 167 Å². The smallest absolute Gasteiger partial charge is 0.259 e. The molecule has 64 heavy (non-hydrogen) atoms. The largest absolute Gasteiger partial charge is 0.497 e. The normalized spacial score (nSPS) is 18.1. The summed E-state index contributed by atoms with van der Waals surface area (Å²) in [7, 11) is 3.57. The molecule has 1 aliphatic rings. The fraction of sp³-hybridized carbons (Fsp3) is 0.623. The number of rotatable bonds is 32. The van der Waals surface area contributed by atoms with Gasteiger partial charge in [-0.25, -0.2) is 11.2 Å². The molecule has 2 unspecified atom stereocenters. The van der Waals surface area contributed by atoms with Crippen molar-refractivity contribution in [3.63, 3.8) is 0 Å². The Morgan fingerprint density at radius 2 is 1.23 bits per heavy atom. The van der Waals surface area contributed by atoms with Crippen molar-refractivity contribution in [2.75, 3.05) is 41.1 Å². The van der Waals surface area contributed by atoms with Crippen molar-refractivity contribution in [3.05, 3.63) is 107 Å². The number of unbranched alkanes of at least 4 members (excludes halogenated alkanes) is 12. The molecule has 11 heteroatoms. The van der Waals surface area contributed by atoms with Crippen LogP contribution < -0.4 is 14.8 Å². The Balaban J connectivity index is 1.59. The Bertz CT molecular complexity index is 1700. The van der Waals surface area contributed by atoms with Gasteiger partial charge in [-0.2, -0.15) is 0 Å². The van der Waals surface area contributed by atoms with E-state index in [-0.39, 0.29) is 43.3 Å². The van der Waals surface area contributed by atoms with E-state index in [1.165, 1.54) is 77.0 Å². The van der Waals surface area contributed by atoms with Crippen LogP contribution >= 0.6 is 20.7 Å². The molecule has 0 aromatic heterocycles. The lowest BCUT2D eigenvalue weighted by Crippen LogP contribution is -2.45. The average molecular weight is 918 g/mol. The molecule has 0 amide bonds. The molecule has 1 aliphatic carbocycles. The lowest BCUT2D eigenvalue weighted by molar-refractivity contribution is -0.0525. The van der Waals surface area contributed by atoms with Crippen molar-refractivity contribution in [3.8, 4) is 11.5 Å². The molecule has 0 radical (unpaired) electrons. The van der Waals surface area contributed by atoms with Gasteiger partial charge in [0.05, 0.1) is 38.0 Å². The highest BCUT2D eigenvalue weighted by Gasteiger charge is 2.49. The van der Waals surface area contributed by atoms with Gasteiger partial charge in [0, 0.05) is 25.1 Å². The van der Waals surface area contributed by atoms with E-state index in [1.54, 1.807) is 21.3 Å². The van der Waals surface area contributed by atoms with E-state index in [0.29, 0.717) is 13.0 Å². The standard InChI is InChI=1S/C53H80N3O6PS/c1-10-11-12-13-14-15-16-17-18-19-20-21-25-28-50(64)55-49-39-43(51(52(49)59-9)62-63(61-38-37-54-6)56(41(2)3)42(4)5)40-60-53(44-26-23-22-24-27-44,45-29-33-47(57-7)34-30-45)46-31-35-48(58-8)36-32-46/h22-24,26-27,29-36,41-43,49,51-52H,10-21,25,28,37-40H2,1-5,7-9H3,(H,55,64)/t43-,49-,51?,52-,63?/m1/s1. The molecule has 0 bridgehead atoms. The van der Waals surface area contributed by atoms with Gasteiger partial charge in [-0.05, 0) is 87.9 Å². The first-order valence-electron chi connectivity index (χ1n) is 24.1. The predicted molar refractivity (Wildman–Crippen MR) is 268 cm³/mol. The lowest BCUT2D eigenvalue weighted by atomic mass is 9.79. The van der Waals surface area contributed by atoms with E-state index in [1.807, 2.05) is 30.3 Å². The molecule has 3 aromatic carbocycles. The highest BCUT2D eigenvalue weighted by molar-refractivity contribution is 7.80. The van der Waals surface area contributed by atoms with Crippen LogP contribution in [-0.4, -0.2) is 81.1 Å². The van der Waals surface area contributed by atoms with E-state index >= 15 is 0 Å². The topological polar surface area (TPSA) is 75.0 Å². The fourth-order valence-electron chi connectivity index (χ4n) is 9.12. The van der Waals surface area contributed by atoms with E-state index in [0.717, 1.165) is 46.0 Å². The fourth-order valence-corrected chi connectivity index (χ4v) is 11.2. The van der Waals surface area contributed by atoms with Crippen LogP contribution in [-0.2, 0) is 24.1 Å². The number of methoxy groups -OCH3 is 3. The first kappa shape index (κ1) is 53.5. The molecule has 5 atom stereocenters. The van der Waals surface area contributed by atoms with Crippen molar-refractivity contribution in [1.29, 1.82) is 0 Å². The number of nitrogens with zero attached hydrogens (tertiary/aromatic N) is 2. The van der Waals surface area contributed by atoms with E-state index < -0.39 is 20.2 Å². The quantitative estimate of drug-likeness (QED) is 0.0217. The average Bonchev–Trinajstić information content (AvgIpc) is 3.63. The summed E-state index contributed by atoms with van der Waals surface area (Å²) in [6.45, 7) is 19.3. The molecule has 0 spiro atoms. The minimum atomic E-state index is -1.56. The van der Waals surface area contributed by atoms with Gasteiger partial charge < -0.3 is 38.2 Å². The van der Waals surface area contributed by atoms with Crippen molar-refractivity contribution in [2.24, 2.45) is 5.92 Å². The molecule has 9 nitrogen and oxygen atoms in total. The molecule has 354 valence electrons. The third-order valence-corrected chi connectivity index (χ3v) is 14.9. The molecule has 1 fully saturated rings. The number of ether oxygens (including phenoxy) is 4. The maximum absolute atomic E-state index is 7.52. The summed E-state index contributed by atoms with van der Waals surface area (Å²) in [5.41, 5.74) is 1.93. The molecule has 1 N–H and O–H groups in total. The number of hydrogen-bond donors (Lipinski definition) is 1. The van der Waals surface area contributed by atoms with Gasteiger partial charge in [0.25, 0.3) is 8.53 Å². The van der Waals surface area contributed by atoms with E-state index in [4.69, 9.17) is 46.8 Å². The Morgan fingerprint density at radius 3 is 1.70 bits per heavy atom. The number of nitrogens with one attached hydrogen (secondary N) is 1. The molecular formula is C53H80N3O6PS. The van der Waals surface area contributed by atoms with Gasteiger partial charge in [-0.1, -0.05) is 151 Å². The van der Waals surface area contributed by atoms with Crippen molar-refractivity contribution in [1.82, 2.24) is 9.99 Å². The Kier molecular flexibility index (Phi) is 24.7. The Hall–Kier alpha value is -3.13. The second-order valence-electron chi connectivity index (χ2n) is 17.8. The zero-order valence-corrected chi connectivity index (χ0v) is 42.1. The predicted octanol–water partition coefficient (Wildman–Crippen LogP) is 13.5. The van der Waals surface area contributed by atoms with E-state index in [9.17, 15) is 0 Å².